The first-order valence-electron chi connectivity index (χ1n) is 11.7. The van der Waals surface area contributed by atoms with E-state index in [0.29, 0.717) is 73.4 Å². The van der Waals surface area contributed by atoms with Crippen LogP contribution in [-0.2, 0) is 0 Å². The van der Waals surface area contributed by atoms with Crippen LogP contribution in [0.15, 0.2) is 48.5 Å². The van der Waals surface area contributed by atoms with Crippen molar-refractivity contribution >= 4 is 71.5 Å². The zero-order valence-electron chi connectivity index (χ0n) is 19.8. The van der Waals surface area contributed by atoms with E-state index in [1.165, 1.54) is 0 Å². The number of carbonyl (C=O) groups excluding carboxylic acids is 4. The van der Waals surface area contributed by atoms with Gasteiger partial charge in [-0.2, -0.15) is 0 Å². The van der Waals surface area contributed by atoms with Gasteiger partial charge in [0.1, 0.15) is 6.29 Å². The molecule has 0 radical (unpaired) electrons. The molecular weight excluding hydrogens is 480 g/mol. The van der Waals surface area contributed by atoms with Gasteiger partial charge >= 0.3 is 0 Å². The molecule has 6 rings (SSSR count). The Bertz CT molecular complexity index is 1910. The fraction of sp³-hybridized carbons (Fsp3) is 0. The van der Waals surface area contributed by atoms with Gasteiger partial charge in [-0.05, 0) is 60.2 Å². The van der Waals surface area contributed by atoms with Crippen LogP contribution in [0.4, 0.5) is 0 Å². The smallest absolute Gasteiger partial charge is 0.154 e. The molecule has 8 nitrogen and oxygen atoms in total. The van der Waals surface area contributed by atoms with Crippen molar-refractivity contribution in [1.29, 1.82) is 0 Å². The summed E-state index contributed by atoms with van der Waals surface area (Å²) >= 11 is 0. The monoisotopic (exact) mass is 498 g/mol. The Morgan fingerprint density at radius 3 is 1.95 bits per heavy atom. The highest BCUT2D eigenvalue weighted by molar-refractivity contribution is 6.02. The largest absolute Gasteiger partial charge is 0.354 e. The summed E-state index contributed by atoms with van der Waals surface area (Å²) in [6.07, 6.45) is 9.75. The maximum absolute atomic E-state index is 12.4. The lowest BCUT2D eigenvalue weighted by atomic mass is 10.0. The van der Waals surface area contributed by atoms with Gasteiger partial charge in [-0.3, -0.25) is 19.2 Å². The van der Waals surface area contributed by atoms with Crippen molar-refractivity contribution in [2.24, 2.45) is 0 Å². The summed E-state index contributed by atoms with van der Waals surface area (Å²) in [5.74, 6) is 0. The summed E-state index contributed by atoms with van der Waals surface area (Å²) in [6, 6.07) is 14.1. The first kappa shape index (κ1) is 22.9. The maximum atomic E-state index is 12.4. The van der Waals surface area contributed by atoms with Crippen LogP contribution in [0.25, 0.3) is 57.5 Å². The molecule has 2 N–H and O–H groups in total. The van der Waals surface area contributed by atoms with E-state index in [2.05, 4.69) is 19.9 Å². The summed E-state index contributed by atoms with van der Waals surface area (Å²) in [5.41, 5.74) is 6.81. The highest BCUT2D eigenvalue weighted by Gasteiger charge is 2.16. The predicted octanol–water partition coefficient (Wildman–Crippen LogP) is 5.57. The summed E-state index contributed by atoms with van der Waals surface area (Å²) in [4.78, 5) is 63.6. The lowest BCUT2D eigenvalue weighted by Gasteiger charge is -2.02. The van der Waals surface area contributed by atoms with Crippen LogP contribution >= 0.6 is 0 Å². The number of rotatable bonds is 5. The average molecular weight is 498 g/mol. The molecule has 0 saturated carbocycles. The zero-order valence-corrected chi connectivity index (χ0v) is 19.8. The zero-order chi connectivity index (χ0) is 26.2. The van der Waals surface area contributed by atoms with Crippen molar-refractivity contribution in [1.82, 2.24) is 19.9 Å². The van der Waals surface area contributed by atoms with E-state index in [-0.39, 0.29) is 5.56 Å². The van der Waals surface area contributed by atoms with Crippen LogP contribution in [0.1, 0.15) is 64.2 Å². The molecule has 3 aromatic heterocycles. The van der Waals surface area contributed by atoms with Gasteiger partial charge in [-0.15, -0.1) is 0 Å². The number of hydrogen-bond donors (Lipinski definition) is 2. The third kappa shape index (κ3) is 3.81. The van der Waals surface area contributed by atoms with Gasteiger partial charge in [0, 0.05) is 16.6 Å². The molecule has 4 aromatic rings. The van der Waals surface area contributed by atoms with Crippen molar-refractivity contribution < 1.29 is 19.2 Å². The maximum Gasteiger partial charge on any atom is 0.154 e. The molecule has 8 heteroatoms. The number of benzene rings is 1. The molecule has 0 unspecified atom stereocenters. The molecule has 2 aliphatic heterocycles. The molecule has 8 bridgehead atoms. The first-order chi connectivity index (χ1) is 18.6. The van der Waals surface area contributed by atoms with E-state index < -0.39 is 0 Å². The Morgan fingerprint density at radius 2 is 1.26 bits per heavy atom. The van der Waals surface area contributed by atoms with E-state index in [0.717, 1.165) is 24.4 Å². The number of carbonyl (C=O) groups is 4. The number of aldehydes is 4. The average Bonchev–Trinajstić information content (AvgIpc) is 3.75. The molecule has 5 heterocycles. The van der Waals surface area contributed by atoms with E-state index in [1.54, 1.807) is 60.7 Å². The number of hydrogen-bond acceptors (Lipinski definition) is 6. The van der Waals surface area contributed by atoms with Gasteiger partial charge in [0.25, 0.3) is 0 Å². The van der Waals surface area contributed by atoms with Crippen LogP contribution in [0.3, 0.4) is 0 Å². The Labute approximate surface area is 215 Å². The molecule has 0 atom stereocenters. The molecular formula is C30H18N4O4. The normalized spacial score (nSPS) is 11.9. The second kappa shape index (κ2) is 9.18. The Kier molecular flexibility index (Phi) is 5.54. The summed E-state index contributed by atoms with van der Waals surface area (Å²) in [7, 11) is 0. The molecule has 2 aliphatic rings. The third-order valence-electron chi connectivity index (χ3n) is 6.49. The van der Waals surface area contributed by atoms with Crippen LogP contribution in [-0.4, -0.2) is 45.1 Å². The van der Waals surface area contributed by atoms with Gasteiger partial charge in [0.05, 0.1) is 56.0 Å². The van der Waals surface area contributed by atoms with Gasteiger partial charge < -0.3 is 9.97 Å². The van der Waals surface area contributed by atoms with Gasteiger partial charge in [-0.25, -0.2) is 9.97 Å². The highest BCUT2D eigenvalue weighted by atomic mass is 16.1. The molecule has 0 fully saturated rings. The minimum absolute atomic E-state index is 0.278. The molecule has 182 valence electrons. The van der Waals surface area contributed by atoms with Crippen LogP contribution in [0.2, 0.25) is 0 Å². The van der Waals surface area contributed by atoms with Gasteiger partial charge in [0.2, 0.25) is 0 Å². The lowest BCUT2D eigenvalue weighted by Crippen LogP contribution is -1.92. The first-order valence-corrected chi connectivity index (χ1v) is 11.7. The van der Waals surface area contributed by atoms with E-state index >= 15 is 0 Å². The minimum atomic E-state index is 0.278. The number of H-pyrrole nitrogens is 2. The molecule has 0 aliphatic carbocycles. The molecule has 38 heavy (non-hydrogen) atoms. The Balaban J connectivity index is 1.80. The van der Waals surface area contributed by atoms with Crippen LogP contribution in [0.5, 0.6) is 0 Å². The van der Waals surface area contributed by atoms with E-state index in [1.807, 2.05) is 12.1 Å². The fourth-order valence-electron chi connectivity index (χ4n) is 4.68. The topological polar surface area (TPSA) is 126 Å². The summed E-state index contributed by atoms with van der Waals surface area (Å²) < 4.78 is 0. The molecule has 0 spiro atoms. The third-order valence-corrected chi connectivity index (χ3v) is 6.49. The number of fused-ring (bicyclic) bond motifs is 8. The highest BCUT2D eigenvalue weighted by Crippen LogP contribution is 2.31. The summed E-state index contributed by atoms with van der Waals surface area (Å²) in [6.45, 7) is 0. The molecule has 0 amide bonds. The minimum Gasteiger partial charge on any atom is -0.354 e. The number of nitrogens with zero attached hydrogens (tertiary/aromatic N) is 2. The molecule has 0 saturated heterocycles. The second-order valence-corrected chi connectivity index (χ2v) is 8.75. The van der Waals surface area contributed by atoms with Crippen molar-refractivity contribution in [3.05, 3.63) is 93.6 Å². The van der Waals surface area contributed by atoms with Gasteiger partial charge in [-0.1, -0.05) is 18.2 Å². The van der Waals surface area contributed by atoms with Crippen molar-refractivity contribution in [2.45, 2.75) is 0 Å². The SMILES string of the molecule is O=Cc1cccc(-c2cc3cc4nc(c(C=O)c5ccc([nH]5)c(C=O)c5nc(c(C=O)c2[nH]3)C=C5)C=C4)c1. The predicted molar refractivity (Wildman–Crippen MR) is 146 cm³/mol. The van der Waals surface area contributed by atoms with Crippen molar-refractivity contribution in [2.75, 3.05) is 0 Å². The standard InChI is InChI=1S/C30H18N4O4/c35-13-17-2-1-3-18(10-17)21-12-20-11-19-4-5-25(31-19)22(14-36)26-6-7-27(33-26)23(15-37)28-8-9-29(34-28)24(16-38)30(21)32-20/h1-16,32-33H. The second-order valence-electron chi connectivity index (χ2n) is 8.75. The quantitative estimate of drug-likeness (QED) is 0.299. The summed E-state index contributed by atoms with van der Waals surface area (Å²) in [5, 5.41) is 0. The lowest BCUT2D eigenvalue weighted by molar-refractivity contribution is 0.111. The van der Waals surface area contributed by atoms with Crippen LogP contribution in [0, 0.1) is 0 Å². The number of nitrogens with one attached hydrogen (secondary N) is 2. The number of aromatic amines is 2. The van der Waals surface area contributed by atoms with Crippen molar-refractivity contribution in [3.63, 3.8) is 0 Å². The van der Waals surface area contributed by atoms with Crippen molar-refractivity contribution in [3.8, 4) is 11.1 Å². The number of aromatic nitrogens is 4. The molecule has 1 aromatic carbocycles. The Hall–Kier alpha value is -5.50. The van der Waals surface area contributed by atoms with Gasteiger partial charge in [0.15, 0.2) is 18.9 Å². The van der Waals surface area contributed by atoms with E-state index in [9.17, 15) is 19.2 Å². The van der Waals surface area contributed by atoms with Crippen LogP contribution < -0.4 is 0 Å². The fourth-order valence-corrected chi connectivity index (χ4v) is 4.68. The Morgan fingerprint density at radius 1 is 0.605 bits per heavy atom. The van der Waals surface area contributed by atoms with E-state index in [4.69, 9.17) is 0 Å².